The maximum atomic E-state index is 9.64. The second kappa shape index (κ2) is 3.48. The number of phenols is 1. The first-order valence-electron chi connectivity index (χ1n) is 4.15. The third-order valence-corrected chi connectivity index (χ3v) is 3.15. The van der Waals surface area contributed by atoms with Crippen LogP contribution in [0.25, 0.3) is 10.1 Å². The summed E-state index contributed by atoms with van der Waals surface area (Å²) in [7, 11) is 1.59. The Morgan fingerprint density at radius 1 is 1.36 bits per heavy atom. The summed E-state index contributed by atoms with van der Waals surface area (Å²) in [6.07, 6.45) is 0. The van der Waals surface area contributed by atoms with Crippen LogP contribution in [0.3, 0.4) is 0 Å². The second-order valence-electron chi connectivity index (χ2n) is 2.96. The Balaban J connectivity index is 2.67. The molecule has 0 aliphatic carbocycles. The Bertz CT molecular complexity index is 462. The molecule has 3 nitrogen and oxygen atoms in total. The average molecular weight is 210 g/mol. The van der Waals surface area contributed by atoms with Crippen LogP contribution in [-0.4, -0.2) is 17.3 Å². The minimum absolute atomic E-state index is 0.0678. The molecule has 1 aromatic carbocycles. The van der Waals surface area contributed by atoms with E-state index in [1.807, 2.05) is 12.1 Å². The Hall–Kier alpha value is -1.26. The van der Waals surface area contributed by atoms with Crippen molar-refractivity contribution in [2.75, 3.05) is 7.11 Å². The number of rotatable bonds is 2. The summed E-state index contributed by atoms with van der Waals surface area (Å²) >= 11 is 1.39. The van der Waals surface area contributed by atoms with Gasteiger partial charge in [0, 0.05) is 5.39 Å². The topological polar surface area (TPSA) is 49.7 Å². The second-order valence-corrected chi connectivity index (χ2v) is 3.98. The van der Waals surface area contributed by atoms with Crippen molar-refractivity contribution in [3.05, 3.63) is 23.8 Å². The van der Waals surface area contributed by atoms with E-state index in [1.165, 1.54) is 11.3 Å². The third-order valence-electron chi connectivity index (χ3n) is 2.02. The molecular formula is C10H10O3S. The Kier molecular flexibility index (Phi) is 2.31. The quantitative estimate of drug-likeness (QED) is 0.798. The summed E-state index contributed by atoms with van der Waals surface area (Å²) < 4.78 is 5.86. The van der Waals surface area contributed by atoms with E-state index in [1.54, 1.807) is 13.2 Å². The zero-order chi connectivity index (χ0) is 10.1. The minimum atomic E-state index is -0.0678. The normalized spacial score (nSPS) is 10.7. The summed E-state index contributed by atoms with van der Waals surface area (Å²) in [4.78, 5) is 0. The van der Waals surface area contributed by atoms with Gasteiger partial charge in [0.2, 0.25) is 0 Å². The fraction of sp³-hybridized carbons (Fsp3) is 0.200. The molecule has 0 bridgehead atoms. The molecular weight excluding hydrogens is 200 g/mol. The van der Waals surface area contributed by atoms with Crippen LogP contribution in [0.15, 0.2) is 18.2 Å². The highest BCUT2D eigenvalue weighted by Gasteiger charge is 2.07. The molecule has 0 unspecified atom stereocenters. The molecule has 0 aliphatic rings. The fourth-order valence-corrected chi connectivity index (χ4v) is 2.23. The Morgan fingerprint density at radius 3 is 2.79 bits per heavy atom. The molecule has 0 atom stereocenters. The minimum Gasteiger partial charge on any atom is -0.506 e. The van der Waals surface area contributed by atoms with Crippen molar-refractivity contribution >= 4 is 21.4 Å². The standard InChI is InChI=1S/C10H10O3S/c1-13-9-4-7-2-6(5-11)3-8(12)10(7)14-9/h2-4,11-12H,5H2,1H3. The first-order chi connectivity index (χ1) is 6.74. The van der Waals surface area contributed by atoms with Crippen LogP contribution in [0.1, 0.15) is 5.56 Å². The molecule has 0 fully saturated rings. The number of aliphatic hydroxyl groups excluding tert-OH is 1. The van der Waals surface area contributed by atoms with Crippen LogP contribution in [0, 0.1) is 0 Å². The third kappa shape index (κ3) is 1.42. The van der Waals surface area contributed by atoms with Gasteiger partial charge in [0.05, 0.1) is 18.4 Å². The monoisotopic (exact) mass is 210 g/mol. The van der Waals surface area contributed by atoms with Crippen molar-refractivity contribution in [1.82, 2.24) is 0 Å². The van der Waals surface area contributed by atoms with Crippen LogP contribution in [0.4, 0.5) is 0 Å². The van der Waals surface area contributed by atoms with Gasteiger partial charge in [-0.15, -0.1) is 0 Å². The van der Waals surface area contributed by atoms with Crippen LogP contribution in [-0.2, 0) is 6.61 Å². The Morgan fingerprint density at radius 2 is 2.14 bits per heavy atom. The largest absolute Gasteiger partial charge is 0.506 e. The molecule has 1 aromatic heterocycles. The van der Waals surface area contributed by atoms with Crippen molar-refractivity contribution in [3.8, 4) is 10.8 Å². The van der Waals surface area contributed by atoms with Gasteiger partial charge in [-0.2, -0.15) is 0 Å². The summed E-state index contributed by atoms with van der Waals surface area (Å²) in [5, 5.41) is 20.2. The number of benzene rings is 1. The SMILES string of the molecule is COc1cc2cc(CO)cc(O)c2s1. The molecule has 0 saturated carbocycles. The first kappa shape index (κ1) is 9.30. The van der Waals surface area contributed by atoms with Gasteiger partial charge in [0.1, 0.15) is 5.75 Å². The van der Waals surface area contributed by atoms with E-state index in [4.69, 9.17) is 9.84 Å². The van der Waals surface area contributed by atoms with Gasteiger partial charge in [-0.1, -0.05) is 11.3 Å². The summed E-state index contributed by atoms with van der Waals surface area (Å²) in [5.41, 5.74) is 0.704. The van der Waals surface area contributed by atoms with Gasteiger partial charge in [-0.3, -0.25) is 0 Å². The van der Waals surface area contributed by atoms with Crippen molar-refractivity contribution in [3.63, 3.8) is 0 Å². The lowest BCUT2D eigenvalue weighted by atomic mass is 10.1. The van der Waals surface area contributed by atoms with E-state index in [9.17, 15) is 5.11 Å². The van der Waals surface area contributed by atoms with Crippen LogP contribution < -0.4 is 4.74 Å². The number of aliphatic hydroxyl groups is 1. The van der Waals surface area contributed by atoms with Crippen molar-refractivity contribution in [2.24, 2.45) is 0 Å². The summed E-state index contributed by atoms with van der Waals surface area (Å²) in [5.74, 6) is 0.194. The number of aromatic hydroxyl groups is 1. The molecule has 74 valence electrons. The molecule has 14 heavy (non-hydrogen) atoms. The molecule has 2 rings (SSSR count). The van der Waals surface area contributed by atoms with Crippen molar-refractivity contribution in [2.45, 2.75) is 6.61 Å². The number of hydrogen-bond acceptors (Lipinski definition) is 4. The summed E-state index contributed by atoms with van der Waals surface area (Å²) in [6, 6.07) is 5.26. The van der Waals surface area contributed by atoms with Gasteiger partial charge in [0.25, 0.3) is 0 Å². The van der Waals surface area contributed by atoms with Gasteiger partial charge in [-0.25, -0.2) is 0 Å². The van der Waals surface area contributed by atoms with E-state index in [-0.39, 0.29) is 12.4 Å². The van der Waals surface area contributed by atoms with Crippen molar-refractivity contribution in [1.29, 1.82) is 0 Å². The fourth-order valence-electron chi connectivity index (χ4n) is 1.36. The number of ether oxygens (including phenoxy) is 1. The zero-order valence-electron chi connectivity index (χ0n) is 7.65. The molecule has 0 saturated heterocycles. The van der Waals surface area contributed by atoms with E-state index in [0.29, 0.717) is 5.56 Å². The number of methoxy groups -OCH3 is 1. The molecule has 4 heteroatoms. The van der Waals surface area contributed by atoms with Crippen LogP contribution in [0.2, 0.25) is 0 Å². The van der Waals surface area contributed by atoms with Crippen molar-refractivity contribution < 1.29 is 14.9 Å². The zero-order valence-corrected chi connectivity index (χ0v) is 8.47. The lowest BCUT2D eigenvalue weighted by Gasteiger charge is -1.98. The van der Waals surface area contributed by atoms with Gasteiger partial charge in [0.15, 0.2) is 5.06 Å². The maximum Gasteiger partial charge on any atom is 0.174 e. The predicted molar refractivity (Wildman–Crippen MR) is 56.0 cm³/mol. The van der Waals surface area contributed by atoms with Gasteiger partial charge in [-0.05, 0) is 23.8 Å². The first-order valence-corrected chi connectivity index (χ1v) is 4.96. The highest BCUT2D eigenvalue weighted by Crippen LogP contribution is 2.37. The lowest BCUT2D eigenvalue weighted by Crippen LogP contribution is -1.81. The number of hydrogen-bond donors (Lipinski definition) is 2. The molecule has 2 aromatic rings. The number of fused-ring (bicyclic) bond motifs is 1. The molecule has 0 radical (unpaired) electrons. The molecule has 2 N–H and O–H groups in total. The van der Waals surface area contributed by atoms with Crippen LogP contribution in [0.5, 0.6) is 10.8 Å². The highest BCUT2D eigenvalue weighted by atomic mass is 32.1. The predicted octanol–water partition coefficient (Wildman–Crippen LogP) is 2.11. The highest BCUT2D eigenvalue weighted by molar-refractivity contribution is 7.21. The number of phenolic OH excluding ortho intramolecular Hbond substituents is 1. The number of thiophene rings is 1. The van der Waals surface area contributed by atoms with E-state index >= 15 is 0 Å². The lowest BCUT2D eigenvalue weighted by molar-refractivity contribution is 0.281. The molecule has 0 aliphatic heterocycles. The molecule has 0 amide bonds. The van der Waals surface area contributed by atoms with E-state index < -0.39 is 0 Å². The van der Waals surface area contributed by atoms with E-state index in [0.717, 1.165) is 15.1 Å². The van der Waals surface area contributed by atoms with Crippen LogP contribution >= 0.6 is 11.3 Å². The van der Waals surface area contributed by atoms with E-state index in [2.05, 4.69) is 0 Å². The Labute approximate surface area is 85.2 Å². The molecule has 0 spiro atoms. The van der Waals surface area contributed by atoms with Gasteiger partial charge >= 0.3 is 0 Å². The summed E-state index contributed by atoms with van der Waals surface area (Å²) in [6.45, 7) is -0.0678. The molecule has 1 heterocycles. The smallest absolute Gasteiger partial charge is 0.174 e. The average Bonchev–Trinajstić information content (AvgIpc) is 2.61. The van der Waals surface area contributed by atoms with Gasteiger partial charge < -0.3 is 14.9 Å². The maximum absolute atomic E-state index is 9.64.